The normalized spacial score (nSPS) is 12.0. The average molecular weight is 336 g/mol. The van der Waals surface area contributed by atoms with Gasteiger partial charge in [0.05, 0.1) is 18.5 Å². The smallest absolute Gasteiger partial charge is 0.322 e. The van der Waals surface area contributed by atoms with Gasteiger partial charge in [-0.1, -0.05) is 0 Å². The molecule has 0 aliphatic rings. The summed E-state index contributed by atoms with van der Waals surface area (Å²) in [7, 11) is 1.63. The minimum atomic E-state index is -1.25. The van der Waals surface area contributed by atoms with Crippen LogP contribution in [0.5, 0.6) is 0 Å². The number of aliphatic hydroxyl groups is 1. The molecule has 0 aliphatic heterocycles. The molecule has 0 saturated carbocycles. The summed E-state index contributed by atoms with van der Waals surface area (Å²) < 4.78 is 15.3. The third kappa shape index (κ3) is 3.76. The van der Waals surface area contributed by atoms with Crippen molar-refractivity contribution in [3.8, 4) is 11.1 Å². The van der Waals surface area contributed by atoms with E-state index in [0.717, 1.165) is 6.07 Å². The lowest BCUT2D eigenvalue weighted by Crippen LogP contribution is -2.42. The molecule has 1 atom stereocenters. The van der Waals surface area contributed by atoms with Crippen LogP contribution in [0.2, 0.25) is 0 Å². The number of nitrogens with two attached hydrogens (primary N) is 1. The van der Waals surface area contributed by atoms with Crippen molar-refractivity contribution in [3.63, 3.8) is 0 Å². The quantitative estimate of drug-likeness (QED) is 0.581. The van der Waals surface area contributed by atoms with Crippen molar-refractivity contribution < 1.29 is 24.2 Å². The fourth-order valence-corrected chi connectivity index (χ4v) is 2.16. The highest BCUT2D eigenvalue weighted by molar-refractivity contribution is 5.95. The Balaban J connectivity index is 2.28. The van der Waals surface area contributed by atoms with Crippen LogP contribution in [0.25, 0.3) is 11.1 Å². The van der Waals surface area contributed by atoms with Crippen LogP contribution in [0.3, 0.4) is 0 Å². The molecule has 0 saturated heterocycles. The summed E-state index contributed by atoms with van der Waals surface area (Å²) in [5, 5.41) is 24.4. The van der Waals surface area contributed by atoms with Gasteiger partial charge in [-0.25, -0.2) is 4.39 Å². The Morgan fingerprint density at radius 3 is 2.75 bits per heavy atom. The first-order valence-electron chi connectivity index (χ1n) is 7.02. The van der Waals surface area contributed by atoms with E-state index in [1.807, 2.05) is 0 Å². The topological polar surface area (TPSA) is 130 Å². The van der Waals surface area contributed by atoms with Crippen LogP contribution in [-0.4, -0.2) is 44.5 Å². The van der Waals surface area contributed by atoms with Gasteiger partial charge in [0.1, 0.15) is 11.9 Å². The fourth-order valence-electron chi connectivity index (χ4n) is 2.16. The van der Waals surface area contributed by atoms with E-state index in [1.165, 1.54) is 23.0 Å². The lowest BCUT2D eigenvalue weighted by Gasteiger charge is -2.10. The van der Waals surface area contributed by atoms with Gasteiger partial charge in [-0.15, -0.1) is 0 Å². The van der Waals surface area contributed by atoms with Gasteiger partial charge in [0.15, 0.2) is 0 Å². The number of aliphatic carboxylic acids is 1. The first-order chi connectivity index (χ1) is 11.3. The van der Waals surface area contributed by atoms with E-state index in [4.69, 9.17) is 10.8 Å². The van der Waals surface area contributed by atoms with Gasteiger partial charge in [-0.3, -0.25) is 14.3 Å². The Kier molecular flexibility index (Phi) is 5.27. The lowest BCUT2D eigenvalue weighted by atomic mass is 10.0. The molecule has 5 N–H and O–H groups in total. The molecule has 0 bridgehead atoms. The van der Waals surface area contributed by atoms with Crippen molar-refractivity contribution in [2.75, 3.05) is 6.54 Å². The van der Waals surface area contributed by atoms with Crippen molar-refractivity contribution in [1.82, 2.24) is 15.1 Å². The van der Waals surface area contributed by atoms with Crippen LogP contribution < -0.4 is 11.1 Å². The highest BCUT2D eigenvalue weighted by atomic mass is 19.1. The Morgan fingerprint density at radius 1 is 1.42 bits per heavy atom. The zero-order valence-electron chi connectivity index (χ0n) is 12.9. The molecule has 1 amide bonds. The molecule has 128 valence electrons. The SMILES string of the molecule is Cn1ncc(-c2cc(F)cc(C(=O)NC[C@@H](N)C(=O)O)c2)c1CO. The van der Waals surface area contributed by atoms with E-state index >= 15 is 0 Å². The molecule has 9 heteroatoms. The van der Waals surface area contributed by atoms with E-state index in [1.54, 1.807) is 7.05 Å². The molecule has 0 spiro atoms. The number of nitrogens with zero attached hydrogens (tertiary/aromatic N) is 2. The maximum absolute atomic E-state index is 13.9. The number of benzene rings is 1. The lowest BCUT2D eigenvalue weighted by molar-refractivity contribution is -0.138. The standard InChI is InChI=1S/C15H17FN4O4/c1-20-13(7-21)11(5-19-20)8-2-9(4-10(16)3-8)14(22)18-6-12(17)15(23)24/h2-5,12,21H,6-7,17H2,1H3,(H,18,22)(H,23,24)/t12-/m1/s1. The second kappa shape index (κ2) is 7.20. The zero-order valence-corrected chi connectivity index (χ0v) is 12.9. The molecule has 2 aromatic rings. The number of carbonyl (C=O) groups excluding carboxylic acids is 1. The van der Waals surface area contributed by atoms with Crippen LogP contribution in [-0.2, 0) is 18.4 Å². The largest absolute Gasteiger partial charge is 0.480 e. The van der Waals surface area contributed by atoms with Crippen molar-refractivity contribution in [3.05, 3.63) is 41.5 Å². The molecule has 1 heterocycles. The number of carboxylic acid groups (broad SMARTS) is 1. The minimum Gasteiger partial charge on any atom is -0.480 e. The Hall–Kier alpha value is -2.78. The number of amides is 1. The van der Waals surface area contributed by atoms with Gasteiger partial charge in [0.25, 0.3) is 5.91 Å². The minimum absolute atomic E-state index is 0.00957. The molecule has 1 aromatic carbocycles. The number of nitrogens with one attached hydrogen (secondary N) is 1. The number of carbonyl (C=O) groups is 2. The molecule has 0 radical (unpaired) electrons. The molecule has 24 heavy (non-hydrogen) atoms. The third-order valence-corrected chi connectivity index (χ3v) is 3.48. The fraction of sp³-hybridized carbons (Fsp3) is 0.267. The number of hydrogen-bond acceptors (Lipinski definition) is 5. The number of carboxylic acids is 1. The summed E-state index contributed by atoms with van der Waals surface area (Å²) in [5.74, 6) is -2.55. The summed E-state index contributed by atoms with van der Waals surface area (Å²) >= 11 is 0. The van der Waals surface area contributed by atoms with E-state index < -0.39 is 23.7 Å². The van der Waals surface area contributed by atoms with Crippen molar-refractivity contribution in [2.45, 2.75) is 12.6 Å². The monoisotopic (exact) mass is 336 g/mol. The first kappa shape index (κ1) is 17.6. The highest BCUT2D eigenvalue weighted by Crippen LogP contribution is 2.25. The van der Waals surface area contributed by atoms with Crippen molar-refractivity contribution in [1.29, 1.82) is 0 Å². The van der Waals surface area contributed by atoms with Gasteiger partial charge in [0, 0.05) is 24.7 Å². The van der Waals surface area contributed by atoms with Gasteiger partial charge in [-0.05, 0) is 23.8 Å². The van der Waals surface area contributed by atoms with Gasteiger partial charge in [0.2, 0.25) is 0 Å². The van der Waals surface area contributed by atoms with Gasteiger partial charge < -0.3 is 21.3 Å². The predicted molar refractivity (Wildman–Crippen MR) is 82.5 cm³/mol. The molecular formula is C15H17FN4O4. The average Bonchev–Trinajstić information content (AvgIpc) is 2.92. The Bertz CT molecular complexity index is 775. The number of hydrogen-bond donors (Lipinski definition) is 4. The molecule has 0 fully saturated rings. The third-order valence-electron chi connectivity index (χ3n) is 3.48. The van der Waals surface area contributed by atoms with Crippen LogP contribution in [0.4, 0.5) is 4.39 Å². The van der Waals surface area contributed by atoms with E-state index in [-0.39, 0.29) is 18.7 Å². The first-order valence-corrected chi connectivity index (χ1v) is 7.02. The number of aromatic nitrogens is 2. The van der Waals surface area contributed by atoms with Crippen LogP contribution in [0.1, 0.15) is 16.1 Å². The highest BCUT2D eigenvalue weighted by Gasteiger charge is 2.16. The summed E-state index contributed by atoms with van der Waals surface area (Å²) in [6.45, 7) is -0.577. The summed E-state index contributed by atoms with van der Waals surface area (Å²) in [6.07, 6.45) is 1.46. The summed E-state index contributed by atoms with van der Waals surface area (Å²) in [4.78, 5) is 22.7. The van der Waals surface area contributed by atoms with E-state index in [0.29, 0.717) is 16.8 Å². The van der Waals surface area contributed by atoms with Crippen molar-refractivity contribution in [2.24, 2.45) is 12.8 Å². The van der Waals surface area contributed by atoms with E-state index in [9.17, 15) is 19.1 Å². The molecule has 0 aliphatic carbocycles. The number of rotatable bonds is 6. The predicted octanol–water partition coefficient (Wildman–Crippen LogP) is -0.140. The number of halogens is 1. The second-order valence-corrected chi connectivity index (χ2v) is 5.17. The number of aliphatic hydroxyl groups excluding tert-OH is 1. The second-order valence-electron chi connectivity index (χ2n) is 5.17. The molecule has 8 nitrogen and oxygen atoms in total. The molecule has 0 unspecified atom stereocenters. The van der Waals surface area contributed by atoms with E-state index in [2.05, 4.69) is 10.4 Å². The van der Waals surface area contributed by atoms with Crippen LogP contribution in [0, 0.1) is 5.82 Å². The maximum atomic E-state index is 13.9. The van der Waals surface area contributed by atoms with Crippen molar-refractivity contribution >= 4 is 11.9 Å². The Morgan fingerprint density at radius 2 is 2.12 bits per heavy atom. The maximum Gasteiger partial charge on any atom is 0.322 e. The summed E-state index contributed by atoms with van der Waals surface area (Å²) in [6, 6.07) is 2.43. The number of aryl methyl sites for hydroxylation is 1. The van der Waals surface area contributed by atoms with Crippen LogP contribution >= 0.6 is 0 Å². The van der Waals surface area contributed by atoms with Gasteiger partial charge in [-0.2, -0.15) is 5.10 Å². The zero-order chi connectivity index (χ0) is 17.9. The van der Waals surface area contributed by atoms with Gasteiger partial charge >= 0.3 is 5.97 Å². The summed E-state index contributed by atoms with van der Waals surface area (Å²) in [5.41, 5.74) is 6.66. The molecular weight excluding hydrogens is 319 g/mol. The molecule has 2 rings (SSSR count). The molecule has 1 aromatic heterocycles. The Labute approximate surface area is 136 Å². The van der Waals surface area contributed by atoms with Crippen LogP contribution in [0.15, 0.2) is 24.4 Å².